The molecule has 3 rings (SSSR count). The number of aromatic nitrogens is 2. The van der Waals surface area contributed by atoms with Crippen LogP contribution in [0.2, 0.25) is 0 Å². The number of nitrogens with zero attached hydrogens (tertiary/aromatic N) is 3. The highest BCUT2D eigenvalue weighted by atomic mass is 32.2. The van der Waals surface area contributed by atoms with Crippen molar-refractivity contribution in [3.63, 3.8) is 0 Å². The molecular weight excluding hydrogens is 302 g/mol. The molecule has 2 saturated heterocycles. The third-order valence-corrected chi connectivity index (χ3v) is 6.16. The summed E-state index contributed by atoms with van der Waals surface area (Å²) in [5.41, 5.74) is 1.18. The van der Waals surface area contributed by atoms with Gasteiger partial charge in [0.1, 0.15) is 5.82 Å². The van der Waals surface area contributed by atoms with E-state index in [4.69, 9.17) is 4.74 Å². The normalized spacial score (nSPS) is 23.0. The second-order valence-electron chi connectivity index (χ2n) is 6.41. The molecular formula is C15H25N3O3S. The number of hydrogen-bond donors (Lipinski definition) is 0. The number of rotatable bonds is 3. The quantitative estimate of drug-likeness (QED) is 0.847. The Hall–Kier alpha value is -0.920. The van der Waals surface area contributed by atoms with E-state index in [1.807, 2.05) is 6.20 Å². The van der Waals surface area contributed by atoms with E-state index < -0.39 is 10.0 Å². The Labute approximate surface area is 132 Å². The molecule has 1 aromatic heterocycles. The second-order valence-corrected chi connectivity index (χ2v) is 8.39. The van der Waals surface area contributed by atoms with Crippen molar-refractivity contribution in [2.45, 2.75) is 44.6 Å². The van der Waals surface area contributed by atoms with E-state index in [9.17, 15) is 8.42 Å². The first-order valence-electron chi connectivity index (χ1n) is 8.03. The minimum absolute atomic E-state index is 0.360. The smallest absolute Gasteiger partial charge is 0.211 e. The van der Waals surface area contributed by atoms with Crippen LogP contribution in [0.1, 0.15) is 49.2 Å². The van der Waals surface area contributed by atoms with Crippen LogP contribution in [0.3, 0.4) is 0 Å². The van der Waals surface area contributed by atoms with Crippen molar-refractivity contribution in [2.75, 3.05) is 32.6 Å². The minimum atomic E-state index is -3.07. The van der Waals surface area contributed by atoms with Gasteiger partial charge in [-0.15, -0.1) is 0 Å². The van der Waals surface area contributed by atoms with Gasteiger partial charge < -0.3 is 9.30 Å². The van der Waals surface area contributed by atoms with E-state index in [1.54, 1.807) is 4.31 Å². The predicted octanol–water partition coefficient (Wildman–Crippen LogP) is 1.68. The van der Waals surface area contributed by atoms with E-state index >= 15 is 0 Å². The summed E-state index contributed by atoms with van der Waals surface area (Å²) in [6.45, 7) is 4.92. The highest BCUT2D eigenvalue weighted by Crippen LogP contribution is 2.32. The van der Waals surface area contributed by atoms with Crippen molar-refractivity contribution in [1.29, 1.82) is 0 Å². The maximum Gasteiger partial charge on any atom is 0.211 e. The molecule has 6 nitrogen and oxygen atoms in total. The third kappa shape index (κ3) is 3.21. The molecule has 0 aromatic carbocycles. The molecule has 0 amide bonds. The summed E-state index contributed by atoms with van der Waals surface area (Å²) >= 11 is 0. The Bertz CT molecular complexity index is 612. The average molecular weight is 327 g/mol. The van der Waals surface area contributed by atoms with Gasteiger partial charge in [0.25, 0.3) is 0 Å². The molecule has 2 aliphatic heterocycles. The Balaban J connectivity index is 1.77. The van der Waals surface area contributed by atoms with Crippen LogP contribution in [0.5, 0.6) is 0 Å². The summed E-state index contributed by atoms with van der Waals surface area (Å²) in [7, 11) is -3.07. The van der Waals surface area contributed by atoms with Gasteiger partial charge in [-0.05, 0) is 32.6 Å². The van der Waals surface area contributed by atoms with Crippen LogP contribution in [0.25, 0.3) is 0 Å². The Morgan fingerprint density at radius 3 is 2.41 bits per heavy atom. The first-order valence-corrected chi connectivity index (χ1v) is 9.88. The molecule has 3 heterocycles. The monoisotopic (exact) mass is 327 g/mol. The molecule has 0 N–H and O–H groups in total. The van der Waals surface area contributed by atoms with Crippen LogP contribution in [-0.4, -0.2) is 54.8 Å². The lowest BCUT2D eigenvalue weighted by molar-refractivity contribution is 0.0820. The topological polar surface area (TPSA) is 64.4 Å². The number of aryl methyl sites for hydroxylation is 1. The fourth-order valence-corrected chi connectivity index (χ4v) is 4.50. The van der Waals surface area contributed by atoms with Gasteiger partial charge in [0.15, 0.2) is 0 Å². The zero-order chi connectivity index (χ0) is 15.7. The highest BCUT2D eigenvalue weighted by Gasteiger charge is 2.30. The van der Waals surface area contributed by atoms with Crippen LogP contribution < -0.4 is 0 Å². The molecule has 2 fully saturated rings. The molecule has 0 radical (unpaired) electrons. The molecule has 0 atom stereocenters. The minimum Gasteiger partial charge on any atom is -0.381 e. The number of imidazole rings is 1. The van der Waals surface area contributed by atoms with E-state index in [0.717, 1.165) is 38.9 Å². The van der Waals surface area contributed by atoms with Gasteiger partial charge in [0.2, 0.25) is 10.0 Å². The maximum atomic E-state index is 11.7. The summed E-state index contributed by atoms with van der Waals surface area (Å²) in [4.78, 5) is 4.66. The average Bonchev–Trinajstić information content (AvgIpc) is 2.89. The van der Waals surface area contributed by atoms with Crippen LogP contribution in [-0.2, 0) is 14.8 Å². The first kappa shape index (κ1) is 16.0. The number of piperidine rings is 1. The van der Waals surface area contributed by atoms with Crippen molar-refractivity contribution in [3.8, 4) is 0 Å². The maximum absolute atomic E-state index is 11.7. The fourth-order valence-electron chi connectivity index (χ4n) is 3.63. The Morgan fingerprint density at radius 1 is 1.18 bits per heavy atom. The molecule has 0 spiro atoms. The molecule has 2 aliphatic rings. The van der Waals surface area contributed by atoms with Crippen LogP contribution in [0.4, 0.5) is 0 Å². The number of hydrogen-bond acceptors (Lipinski definition) is 4. The van der Waals surface area contributed by atoms with Gasteiger partial charge >= 0.3 is 0 Å². The van der Waals surface area contributed by atoms with Crippen molar-refractivity contribution >= 4 is 10.0 Å². The zero-order valence-electron chi connectivity index (χ0n) is 13.4. The zero-order valence-corrected chi connectivity index (χ0v) is 14.2. The van der Waals surface area contributed by atoms with E-state index in [0.29, 0.717) is 25.0 Å². The van der Waals surface area contributed by atoms with E-state index in [2.05, 4.69) is 16.5 Å². The molecule has 124 valence electrons. The van der Waals surface area contributed by atoms with Gasteiger partial charge in [-0.1, -0.05) is 0 Å². The molecule has 0 unspecified atom stereocenters. The Morgan fingerprint density at radius 2 is 1.82 bits per heavy atom. The molecule has 0 bridgehead atoms. The molecule has 7 heteroatoms. The summed E-state index contributed by atoms with van der Waals surface area (Å²) < 4.78 is 32.7. The third-order valence-electron chi connectivity index (χ3n) is 4.85. The molecule has 0 aliphatic carbocycles. The fraction of sp³-hybridized carbons (Fsp3) is 0.800. The van der Waals surface area contributed by atoms with Crippen molar-refractivity contribution in [1.82, 2.24) is 13.9 Å². The molecule has 1 aromatic rings. The number of ether oxygens (including phenoxy) is 1. The molecule has 0 saturated carbocycles. The van der Waals surface area contributed by atoms with E-state index in [1.165, 1.54) is 17.8 Å². The van der Waals surface area contributed by atoms with Gasteiger partial charge in [-0.25, -0.2) is 17.7 Å². The van der Waals surface area contributed by atoms with Gasteiger partial charge in [0, 0.05) is 50.2 Å². The van der Waals surface area contributed by atoms with Crippen LogP contribution >= 0.6 is 0 Å². The standard InChI is InChI=1S/C15H25N3O3S/c1-12-11-16-15(13-5-9-21-10-6-13)18(12)14-3-7-17(8-4-14)22(2,19)20/h11,13-14H,3-10H2,1-2H3. The van der Waals surface area contributed by atoms with Gasteiger partial charge in [0.05, 0.1) is 6.26 Å². The molecule has 22 heavy (non-hydrogen) atoms. The van der Waals surface area contributed by atoms with E-state index in [-0.39, 0.29) is 0 Å². The lowest BCUT2D eigenvalue weighted by Gasteiger charge is -2.33. The first-order chi connectivity index (χ1) is 10.5. The number of sulfonamides is 1. The van der Waals surface area contributed by atoms with Gasteiger partial charge in [-0.3, -0.25) is 0 Å². The predicted molar refractivity (Wildman–Crippen MR) is 84.4 cm³/mol. The lowest BCUT2D eigenvalue weighted by Crippen LogP contribution is -2.39. The van der Waals surface area contributed by atoms with Gasteiger partial charge in [-0.2, -0.15) is 0 Å². The SMILES string of the molecule is Cc1cnc(C2CCOCC2)n1C1CCN(S(C)(=O)=O)CC1. The van der Waals surface area contributed by atoms with Crippen molar-refractivity contribution in [3.05, 3.63) is 17.7 Å². The summed E-state index contributed by atoms with van der Waals surface area (Å²) in [5, 5.41) is 0. The summed E-state index contributed by atoms with van der Waals surface area (Å²) in [6, 6.07) is 0.360. The lowest BCUT2D eigenvalue weighted by atomic mass is 9.98. The van der Waals surface area contributed by atoms with Crippen molar-refractivity contribution in [2.24, 2.45) is 0 Å². The largest absolute Gasteiger partial charge is 0.381 e. The summed E-state index contributed by atoms with van der Waals surface area (Å²) in [5.74, 6) is 1.63. The summed E-state index contributed by atoms with van der Waals surface area (Å²) in [6.07, 6.45) is 7.02. The Kier molecular flexibility index (Phi) is 4.56. The van der Waals surface area contributed by atoms with Crippen LogP contribution in [0, 0.1) is 6.92 Å². The van der Waals surface area contributed by atoms with Crippen LogP contribution in [0.15, 0.2) is 6.20 Å². The van der Waals surface area contributed by atoms with Crippen molar-refractivity contribution < 1.29 is 13.2 Å². The highest BCUT2D eigenvalue weighted by molar-refractivity contribution is 7.88. The second kappa shape index (κ2) is 6.29.